The van der Waals surface area contributed by atoms with Crippen molar-refractivity contribution < 1.29 is 23.4 Å². The Balaban J connectivity index is 2.43. The van der Waals surface area contributed by atoms with Gasteiger partial charge in [-0.25, -0.2) is 9.18 Å². The van der Waals surface area contributed by atoms with Crippen LogP contribution in [0.5, 0.6) is 0 Å². The maximum Gasteiger partial charge on any atom is 0.512 e. The number of rotatable bonds is 5. The molecule has 4 nitrogen and oxygen atoms in total. The van der Waals surface area contributed by atoms with Gasteiger partial charge in [0.1, 0.15) is 5.82 Å². The molecule has 0 aromatic heterocycles. The van der Waals surface area contributed by atoms with E-state index in [0.29, 0.717) is 22.9 Å². The maximum atomic E-state index is 13.9. The third-order valence-corrected chi connectivity index (χ3v) is 3.96. The molecule has 0 aliphatic rings. The van der Waals surface area contributed by atoms with Crippen molar-refractivity contribution in [3.8, 4) is 0 Å². The Hall–Kier alpha value is -1.84. The molecule has 0 fully saturated rings. The minimum Gasteiger partial charge on any atom is -0.478 e. The number of halogens is 1. The van der Waals surface area contributed by atoms with Crippen LogP contribution in [0.2, 0.25) is 0 Å². The number of hydrogen-bond acceptors (Lipinski definition) is 3. The third-order valence-electron chi connectivity index (χ3n) is 2.79. The van der Waals surface area contributed by atoms with E-state index in [1.54, 1.807) is 13.0 Å². The van der Waals surface area contributed by atoms with Gasteiger partial charge < -0.3 is 5.11 Å². The molecule has 0 amide bonds. The van der Waals surface area contributed by atoms with E-state index in [1.165, 1.54) is 24.3 Å². The molecule has 104 valence electrons. The van der Waals surface area contributed by atoms with E-state index in [1.807, 2.05) is 0 Å². The summed E-state index contributed by atoms with van der Waals surface area (Å²) in [5.41, 5.74) is 0.607. The molecule has 2 rings (SSSR count). The summed E-state index contributed by atoms with van der Waals surface area (Å²) in [6.07, 6.45) is 0.104. The fraction of sp³-hybridized carbons (Fsp3) is 0.214. The topological polar surface area (TPSA) is 63.6 Å². The minimum absolute atomic E-state index is 0.0863. The van der Waals surface area contributed by atoms with E-state index in [4.69, 9.17) is 9.63 Å². The molecule has 0 saturated heterocycles. The maximum absolute atomic E-state index is 13.9. The predicted molar refractivity (Wildman–Crippen MR) is 73.8 cm³/mol. The quantitative estimate of drug-likeness (QED) is 0.848. The Bertz CT molecular complexity index is 684. The highest BCUT2D eigenvalue weighted by Gasteiger charge is 2.19. The lowest BCUT2D eigenvalue weighted by Gasteiger charge is -2.03. The Kier molecular flexibility index (Phi) is 4.42. The largest absolute Gasteiger partial charge is 0.512 e. The lowest BCUT2D eigenvalue weighted by Crippen LogP contribution is -1.96. The first-order chi connectivity index (χ1) is 9.51. The number of carboxylic acids is 1. The first kappa shape index (κ1) is 14.6. The zero-order valence-corrected chi connectivity index (χ0v) is 11.7. The Morgan fingerprint density at radius 1 is 1.35 bits per heavy atom. The first-order valence-electron chi connectivity index (χ1n) is 6.04. The van der Waals surface area contributed by atoms with Crippen LogP contribution in [-0.2, 0) is 15.3 Å². The Morgan fingerprint density at radius 3 is 2.75 bits per heavy atom. The van der Waals surface area contributed by atoms with Crippen LogP contribution >= 0.6 is 8.03 Å². The van der Waals surface area contributed by atoms with Crippen LogP contribution < -0.4 is 0 Å². The summed E-state index contributed by atoms with van der Waals surface area (Å²) >= 11 is 0. The second-order valence-corrected chi connectivity index (χ2v) is 5.47. The minimum atomic E-state index is -1.88. The van der Waals surface area contributed by atoms with Crippen LogP contribution in [0, 0.1) is 5.82 Å². The SMILES string of the molecule is CCO[P+](=O)Cc1cc(F)c2ccc(C(=O)O)cc2c1. The van der Waals surface area contributed by atoms with Gasteiger partial charge in [-0.1, -0.05) is 6.07 Å². The van der Waals surface area contributed by atoms with Crippen LogP contribution in [0.15, 0.2) is 30.3 Å². The molecule has 0 spiro atoms. The second-order valence-electron chi connectivity index (χ2n) is 4.23. The number of aromatic carboxylic acids is 1. The molecule has 0 aliphatic carbocycles. The number of fused-ring (bicyclic) bond motifs is 1. The van der Waals surface area contributed by atoms with Crippen LogP contribution in [-0.4, -0.2) is 17.7 Å². The van der Waals surface area contributed by atoms with E-state index in [0.717, 1.165) is 0 Å². The lowest BCUT2D eigenvalue weighted by molar-refractivity contribution is 0.0697. The van der Waals surface area contributed by atoms with Gasteiger partial charge in [-0.3, -0.25) is 0 Å². The van der Waals surface area contributed by atoms with Gasteiger partial charge in [-0.15, -0.1) is 4.52 Å². The van der Waals surface area contributed by atoms with E-state index in [9.17, 15) is 13.8 Å². The van der Waals surface area contributed by atoms with Crippen molar-refractivity contribution in [1.29, 1.82) is 0 Å². The van der Waals surface area contributed by atoms with Gasteiger partial charge in [0.2, 0.25) is 6.16 Å². The zero-order valence-electron chi connectivity index (χ0n) is 10.8. The Labute approximate surface area is 116 Å². The smallest absolute Gasteiger partial charge is 0.478 e. The van der Waals surface area contributed by atoms with Gasteiger partial charge in [-0.05, 0) is 41.1 Å². The monoisotopic (exact) mass is 295 g/mol. The molecular weight excluding hydrogens is 282 g/mol. The summed E-state index contributed by atoms with van der Waals surface area (Å²) in [5, 5.41) is 9.75. The summed E-state index contributed by atoms with van der Waals surface area (Å²) < 4.78 is 30.4. The number of hydrogen-bond donors (Lipinski definition) is 1. The molecule has 6 heteroatoms. The summed E-state index contributed by atoms with van der Waals surface area (Å²) in [6.45, 7) is 2.06. The highest BCUT2D eigenvalue weighted by atomic mass is 31.1. The van der Waals surface area contributed by atoms with E-state index in [-0.39, 0.29) is 11.7 Å². The fourth-order valence-corrected chi connectivity index (χ4v) is 2.80. The van der Waals surface area contributed by atoms with Crippen molar-refractivity contribution in [2.45, 2.75) is 13.1 Å². The second kappa shape index (κ2) is 6.07. The van der Waals surface area contributed by atoms with Crippen molar-refractivity contribution >= 4 is 24.8 Å². The zero-order chi connectivity index (χ0) is 14.7. The molecule has 1 unspecified atom stereocenters. The molecular formula is C14H13FO4P+. The van der Waals surface area contributed by atoms with Gasteiger partial charge in [-0.2, -0.15) is 0 Å². The molecule has 2 aromatic carbocycles. The summed E-state index contributed by atoms with van der Waals surface area (Å²) in [6, 6.07) is 7.12. The van der Waals surface area contributed by atoms with Crippen LogP contribution in [0.1, 0.15) is 22.8 Å². The summed E-state index contributed by atoms with van der Waals surface area (Å²) in [5.74, 6) is -1.53. The Morgan fingerprint density at radius 2 is 2.10 bits per heavy atom. The molecule has 0 saturated carbocycles. The number of benzene rings is 2. The molecule has 0 bridgehead atoms. The predicted octanol–water partition coefficient (Wildman–Crippen LogP) is 3.96. The van der Waals surface area contributed by atoms with Gasteiger partial charge in [0.25, 0.3) is 0 Å². The molecule has 0 aliphatic heterocycles. The van der Waals surface area contributed by atoms with E-state index >= 15 is 0 Å². The third kappa shape index (κ3) is 3.18. The average Bonchev–Trinajstić information content (AvgIpc) is 2.38. The summed E-state index contributed by atoms with van der Waals surface area (Å²) in [7, 11) is -1.88. The van der Waals surface area contributed by atoms with E-state index in [2.05, 4.69) is 0 Å². The average molecular weight is 295 g/mol. The number of carboxylic acid groups (broad SMARTS) is 1. The van der Waals surface area contributed by atoms with Crippen molar-refractivity contribution in [3.63, 3.8) is 0 Å². The van der Waals surface area contributed by atoms with Crippen LogP contribution in [0.25, 0.3) is 10.8 Å². The molecule has 0 heterocycles. The van der Waals surface area contributed by atoms with Crippen LogP contribution in [0.4, 0.5) is 4.39 Å². The molecule has 1 atom stereocenters. The van der Waals surface area contributed by atoms with Gasteiger partial charge in [0.15, 0.2) is 0 Å². The van der Waals surface area contributed by atoms with Crippen molar-refractivity contribution in [2.75, 3.05) is 6.61 Å². The van der Waals surface area contributed by atoms with Crippen molar-refractivity contribution in [1.82, 2.24) is 0 Å². The molecule has 20 heavy (non-hydrogen) atoms. The molecule has 0 radical (unpaired) electrons. The molecule has 1 N–H and O–H groups in total. The van der Waals surface area contributed by atoms with Gasteiger partial charge in [0.05, 0.1) is 12.2 Å². The van der Waals surface area contributed by atoms with Gasteiger partial charge >= 0.3 is 14.0 Å². The normalized spacial score (nSPS) is 11.6. The van der Waals surface area contributed by atoms with Crippen LogP contribution in [0.3, 0.4) is 0 Å². The standard InChI is InChI=1S/C14H12FO4P/c1-2-19-20(18)8-9-5-11-7-10(14(16)17)3-4-12(11)13(15)6-9/h3-7H,2,8H2,1H3/p+1. The van der Waals surface area contributed by atoms with Crippen molar-refractivity contribution in [2.24, 2.45) is 0 Å². The molecule has 2 aromatic rings. The highest BCUT2D eigenvalue weighted by Crippen LogP contribution is 2.30. The van der Waals surface area contributed by atoms with Crippen molar-refractivity contribution in [3.05, 3.63) is 47.3 Å². The lowest BCUT2D eigenvalue weighted by atomic mass is 10.0. The summed E-state index contributed by atoms with van der Waals surface area (Å²) in [4.78, 5) is 10.9. The number of carbonyl (C=O) groups is 1. The van der Waals surface area contributed by atoms with Gasteiger partial charge in [0, 0.05) is 10.9 Å². The fourth-order valence-electron chi connectivity index (χ4n) is 1.94. The highest BCUT2D eigenvalue weighted by molar-refractivity contribution is 7.38. The first-order valence-corrected chi connectivity index (χ1v) is 7.40. The van der Waals surface area contributed by atoms with E-state index < -0.39 is 19.8 Å².